The number of likely N-dealkylation sites (N-methyl/N-ethyl adjacent to an activating group) is 1. The number of nitriles is 1. The van der Waals surface area contributed by atoms with Gasteiger partial charge in [-0.05, 0) is 49.4 Å². The first-order valence-corrected chi connectivity index (χ1v) is 12.1. The summed E-state index contributed by atoms with van der Waals surface area (Å²) in [4.78, 5) is 12.4. The van der Waals surface area contributed by atoms with Gasteiger partial charge >= 0.3 is 6.18 Å². The lowest BCUT2D eigenvalue weighted by molar-refractivity contribution is -0.137. The van der Waals surface area contributed by atoms with Crippen LogP contribution >= 0.6 is 10.7 Å². The number of allylic oxidation sites excluding steroid dienone is 1. The van der Waals surface area contributed by atoms with Crippen LogP contribution in [0.25, 0.3) is 11.3 Å². The zero-order chi connectivity index (χ0) is 26.0. The fraction of sp³-hybridized carbons (Fsp3) is 0.136. The quantitative estimate of drug-likeness (QED) is 0.368. The molecule has 35 heavy (non-hydrogen) atoms. The second-order valence-electron chi connectivity index (χ2n) is 7.15. The van der Waals surface area contributed by atoms with E-state index in [2.05, 4.69) is 15.7 Å². The van der Waals surface area contributed by atoms with Crippen molar-refractivity contribution in [3.05, 3.63) is 77.2 Å². The Bertz CT molecular complexity index is 1460. The first-order chi connectivity index (χ1) is 16.4. The summed E-state index contributed by atoms with van der Waals surface area (Å²) >= 11 is 0. The molecule has 0 radical (unpaired) electrons. The minimum atomic E-state index is -4.59. The lowest BCUT2D eigenvalue weighted by Crippen LogP contribution is -2.24. The van der Waals surface area contributed by atoms with Crippen molar-refractivity contribution in [2.45, 2.75) is 18.0 Å². The van der Waals surface area contributed by atoms with Crippen LogP contribution in [-0.2, 0) is 20.0 Å². The van der Waals surface area contributed by atoms with Crippen molar-refractivity contribution in [1.29, 1.82) is 5.26 Å². The van der Waals surface area contributed by atoms with E-state index in [4.69, 9.17) is 15.9 Å². The Labute approximate surface area is 203 Å². The highest BCUT2D eigenvalue weighted by Crippen LogP contribution is 2.33. The lowest BCUT2D eigenvalue weighted by atomic mass is 10.1. The van der Waals surface area contributed by atoms with Gasteiger partial charge < -0.3 is 10.6 Å². The van der Waals surface area contributed by atoms with Gasteiger partial charge in [-0.15, -0.1) is 0 Å². The molecule has 0 aliphatic carbocycles. The Balaban J connectivity index is 2.26. The number of benzene rings is 2. The zero-order valence-electron chi connectivity index (χ0n) is 18.2. The highest BCUT2D eigenvalue weighted by atomic mass is 35.7. The van der Waals surface area contributed by atoms with Gasteiger partial charge in [0.25, 0.3) is 15.0 Å². The van der Waals surface area contributed by atoms with Gasteiger partial charge in [-0.3, -0.25) is 4.79 Å². The van der Waals surface area contributed by atoms with E-state index in [1.807, 2.05) is 6.07 Å². The van der Waals surface area contributed by atoms with Crippen LogP contribution in [0.1, 0.15) is 23.7 Å². The molecule has 0 bridgehead atoms. The molecule has 182 valence electrons. The largest absolute Gasteiger partial charge is 0.416 e. The van der Waals surface area contributed by atoms with Crippen LogP contribution in [0, 0.1) is 11.3 Å². The summed E-state index contributed by atoms with van der Waals surface area (Å²) in [6.07, 6.45) is -3.64. The SMILES string of the molecule is CNC(=O)/C(=C(/C)Nc1cccc(C(F)(F)F)c1)c1c(S(=O)(=O)Cl)cnn1-c1ccc(C#N)cc1. The smallest absolute Gasteiger partial charge is 0.358 e. The fourth-order valence-corrected chi connectivity index (χ4v) is 4.18. The lowest BCUT2D eigenvalue weighted by Gasteiger charge is -2.17. The Morgan fingerprint density at radius 2 is 1.83 bits per heavy atom. The van der Waals surface area contributed by atoms with Gasteiger partial charge in [0, 0.05) is 29.1 Å². The molecule has 1 amide bonds. The number of halogens is 4. The average Bonchev–Trinajstić information content (AvgIpc) is 3.24. The molecule has 0 fully saturated rings. The molecule has 0 unspecified atom stereocenters. The molecule has 13 heteroatoms. The van der Waals surface area contributed by atoms with Crippen molar-refractivity contribution >= 4 is 36.9 Å². The van der Waals surface area contributed by atoms with Gasteiger partial charge in [-0.2, -0.15) is 23.5 Å². The van der Waals surface area contributed by atoms with E-state index < -0.39 is 31.6 Å². The van der Waals surface area contributed by atoms with Crippen molar-refractivity contribution in [1.82, 2.24) is 15.1 Å². The number of aromatic nitrogens is 2. The number of carbonyl (C=O) groups is 1. The van der Waals surface area contributed by atoms with Crippen molar-refractivity contribution < 1.29 is 26.4 Å². The predicted octanol–water partition coefficient (Wildman–Crippen LogP) is 4.28. The molecular weight excluding hydrogens is 507 g/mol. The van der Waals surface area contributed by atoms with Gasteiger partial charge in [-0.1, -0.05) is 6.07 Å². The van der Waals surface area contributed by atoms with Crippen LogP contribution in [0.2, 0.25) is 0 Å². The molecule has 0 spiro atoms. The third kappa shape index (κ3) is 5.64. The van der Waals surface area contributed by atoms with Crippen LogP contribution in [0.3, 0.4) is 0 Å². The second-order valence-corrected chi connectivity index (χ2v) is 9.68. The molecule has 0 aliphatic rings. The number of nitrogens with one attached hydrogen (secondary N) is 2. The van der Waals surface area contributed by atoms with Gasteiger partial charge in [0.05, 0.1) is 34.7 Å². The Morgan fingerprint density at radius 1 is 1.17 bits per heavy atom. The van der Waals surface area contributed by atoms with E-state index in [-0.39, 0.29) is 22.7 Å². The normalized spacial score (nSPS) is 12.5. The minimum absolute atomic E-state index is 0.0125. The van der Waals surface area contributed by atoms with Crippen LogP contribution in [0.4, 0.5) is 18.9 Å². The molecule has 8 nitrogen and oxygen atoms in total. The van der Waals surface area contributed by atoms with Crippen LogP contribution in [-0.4, -0.2) is 31.2 Å². The maximum atomic E-state index is 13.1. The van der Waals surface area contributed by atoms with Gasteiger partial charge in [-0.25, -0.2) is 13.1 Å². The number of anilines is 1. The van der Waals surface area contributed by atoms with E-state index >= 15 is 0 Å². The fourth-order valence-electron chi connectivity index (χ4n) is 3.25. The average molecular weight is 524 g/mol. The molecule has 2 aromatic carbocycles. The summed E-state index contributed by atoms with van der Waals surface area (Å²) in [7, 11) is 2.51. The molecule has 0 aliphatic heterocycles. The first-order valence-electron chi connectivity index (χ1n) is 9.77. The highest BCUT2D eigenvalue weighted by molar-refractivity contribution is 8.13. The number of nitrogens with zero attached hydrogens (tertiary/aromatic N) is 3. The molecule has 2 N–H and O–H groups in total. The van der Waals surface area contributed by atoms with E-state index in [1.54, 1.807) is 0 Å². The Hall–Kier alpha value is -3.82. The summed E-state index contributed by atoms with van der Waals surface area (Å²) in [6.45, 7) is 1.39. The summed E-state index contributed by atoms with van der Waals surface area (Å²) in [6, 6.07) is 12.1. The van der Waals surface area contributed by atoms with Crippen molar-refractivity contribution in [2.24, 2.45) is 0 Å². The number of hydrogen-bond donors (Lipinski definition) is 2. The second kappa shape index (κ2) is 9.81. The van der Waals surface area contributed by atoms with Gasteiger partial charge in [0.15, 0.2) is 0 Å². The van der Waals surface area contributed by atoms with Crippen LogP contribution in [0.15, 0.2) is 65.3 Å². The minimum Gasteiger partial charge on any atom is -0.358 e. The summed E-state index contributed by atoms with van der Waals surface area (Å²) < 4.78 is 65.2. The molecule has 1 aromatic heterocycles. The van der Waals surface area contributed by atoms with E-state index in [1.165, 1.54) is 50.4 Å². The predicted molar refractivity (Wildman–Crippen MR) is 123 cm³/mol. The third-order valence-electron chi connectivity index (χ3n) is 4.83. The number of alkyl halides is 3. The molecule has 3 aromatic rings. The number of carbonyl (C=O) groups excluding carboxylic acids is 1. The zero-order valence-corrected chi connectivity index (χ0v) is 19.8. The molecule has 0 saturated carbocycles. The Morgan fingerprint density at radius 3 is 2.37 bits per heavy atom. The highest BCUT2D eigenvalue weighted by Gasteiger charge is 2.31. The van der Waals surface area contributed by atoms with E-state index in [0.717, 1.165) is 23.0 Å². The molecule has 0 atom stereocenters. The van der Waals surface area contributed by atoms with Crippen molar-refractivity contribution in [2.75, 3.05) is 12.4 Å². The topological polar surface area (TPSA) is 117 Å². The monoisotopic (exact) mass is 523 g/mol. The summed E-state index contributed by atoms with van der Waals surface area (Å²) in [5.74, 6) is -0.751. The van der Waals surface area contributed by atoms with Crippen molar-refractivity contribution in [3.8, 4) is 11.8 Å². The van der Waals surface area contributed by atoms with Crippen molar-refractivity contribution in [3.63, 3.8) is 0 Å². The summed E-state index contributed by atoms with van der Waals surface area (Å²) in [5, 5.41) is 18.2. The number of rotatable bonds is 6. The summed E-state index contributed by atoms with van der Waals surface area (Å²) in [5.41, 5.74) is -0.689. The maximum Gasteiger partial charge on any atom is 0.416 e. The molecule has 1 heterocycles. The van der Waals surface area contributed by atoms with Crippen LogP contribution in [0.5, 0.6) is 0 Å². The Kier molecular flexibility index (Phi) is 7.23. The molecule has 0 saturated heterocycles. The maximum absolute atomic E-state index is 13.1. The van der Waals surface area contributed by atoms with Gasteiger partial charge in [0.1, 0.15) is 10.6 Å². The van der Waals surface area contributed by atoms with E-state index in [0.29, 0.717) is 11.3 Å². The van der Waals surface area contributed by atoms with Gasteiger partial charge in [0.2, 0.25) is 0 Å². The molecule has 3 rings (SSSR count). The van der Waals surface area contributed by atoms with Crippen LogP contribution < -0.4 is 10.6 Å². The third-order valence-corrected chi connectivity index (χ3v) is 6.15. The standard InChI is InChI=1S/C22H17ClF3N5O3S/c1-13(30-16-5-3-4-15(10-16)22(24,25)26)19(21(32)28-2)20-18(35(23,33)34)12-29-31(20)17-8-6-14(11-27)7-9-17/h3-10,12,30H,1-2H3,(H,28,32)/b19-13-. The first kappa shape index (κ1) is 25.8. The molecular formula is C22H17ClF3N5O3S. The van der Waals surface area contributed by atoms with E-state index in [9.17, 15) is 26.4 Å². The number of amides is 1. The number of hydrogen-bond acceptors (Lipinski definition) is 6.